The molecule has 5 heteroatoms. The van der Waals surface area contributed by atoms with E-state index in [1.165, 1.54) is 0 Å². The van der Waals surface area contributed by atoms with Gasteiger partial charge < -0.3 is 20.1 Å². The summed E-state index contributed by atoms with van der Waals surface area (Å²) in [5, 5.41) is 0. The van der Waals surface area contributed by atoms with Crippen molar-refractivity contribution < 1.29 is 9.47 Å². The molecule has 0 radical (unpaired) electrons. The molecule has 0 saturated heterocycles. The zero-order valence-corrected chi connectivity index (χ0v) is 11.4. The molecule has 0 aliphatic rings. The largest absolute Gasteiger partial charge is 0.393 e. The van der Waals surface area contributed by atoms with Crippen LogP contribution in [0.4, 0.5) is 0 Å². The molecule has 0 heterocycles. The third-order valence-electron chi connectivity index (χ3n) is 2.47. The number of hydrogen-bond acceptors (Lipinski definition) is 4. The molecule has 0 aromatic rings. The van der Waals surface area contributed by atoms with Crippen LogP contribution in [-0.4, -0.2) is 56.5 Å². The van der Waals surface area contributed by atoms with Gasteiger partial charge in [0.15, 0.2) is 0 Å². The van der Waals surface area contributed by atoms with Crippen molar-refractivity contribution in [2.75, 3.05) is 40.5 Å². The Bertz CT molecular complexity index is 191. The molecule has 2 N–H and O–H groups in total. The molecule has 0 spiro atoms. The molecule has 0 aromatic heterocycles. The van der Waals surface area contributed by atoms with E-state index in [1.54, 1.807) is 7.11 Å². The zero-order valence-electron chi connectivity index (χ0n) is 10.6. The number of nitrogens with two attached hydrogens (primary N) is 1. The van der Waals surface area contributed by atoms with Gasteiger partial charge in [0.05, 0.1) is 11.6 Å². The molecular formula is C11H24N2O2S. The van der Waals surface area contributed by atoms with Gasteiger partial charge in [0, 0.05) is 39.3 Å². The van der Waals surface area contributed by atoms with Crippen molar-refractivity contribution in [1.29, 1.82) is 0 Å². The standard InChI is InChI=1S/C11H24N2O2S/c1-10(9-11(12)16)13(2)5-8-15-7-4-6-14-3/h10H,4-9H2,1-3H3,(H2,12,16). The van der Waals surface area contributed by atoms with Gasteiger partial charge in [-0.05, 0) is 20.4 Å². The number of hydrogen-bond donors (Lipinski definition) is 1. The summed E-state index contributed by atoms with van der Waals surface area (Å²) in [6, 6.07) is 0.375. The molecule has 1 unspecified atom stereocenters. The summed E-state index contributed by atoms with van der Waals surface area (Å²) in [7, 11) is 3.76. The van der Waals surface area contributed by atoms with Crippen LogP contribution >= 0.6 is 12.2 Å². The highest BCUT2D eigenvalue weighted by Gasteiger charge is 2.09. The SMILES string of the molecule is COCCCOCCN(C)C(C)CC(N)=S. The molecule has 4 nitrogen and oxygen atoms in total. The number of rotatable bonds is 10. The van der Waals surface area contributed by atoms with Gasteiger partial charge in [-0.1, -0.05) is 12.2 Å². The van der Waals surface area contributed by atoms with Crippen LogP contribution < -0.4 is 5.73 Å². The quantitative estimate of drug-likeness (QED) is 0.462. The Morgan fingerprint density at radius 2 is 2.06 bits per heavy atom. The molecule has 0 fully saturated rings. The van der Waals surface area contributed by atoms with Crippen LogP contribution in [0.15, 0.2) is 0 Å². The van der Waals surface area contributed by atoms with Gasteiger partial charge in [-0.25, -0.2) is 0 Å². The summed E-state index contributed by atoms with van der Waals surface area (Å²) < 4.78 is 10.4. The molecule has 0 rings (SSSR count). The van der Waals surface area contributed by atoms with Crippen molar-refractivity contribution in [2.24, 2.45) is 5.73 Å². The van der Waals surface area contributed by atoms with Gasteiger partial charge in [-0.3, -0.25) is 0 Å². The van der Waals surface area contributed by atoms with Crippen molar-refractivity contribution in [3.63, 3.8) is 0 Å². The maximum Gasteiger partial charge on any atom is 0.0742 e. The maximum absolute atomic E-state index is 5.50. The monoisotopic (exact) mass is 248 g/mol. The molecule has 1 atom stereocenters. The maximum atomic E-state index is 5.50. The molecule has 0 saturated carbocycles. The smallest absolute Gasteiger partial charge is 0.0742 e. The summed E-state index contributed by atoms with van der Waals surface area (Å²) in [6.07, 6.45) is 1.71. The van der Waals surface area contributed by atoms with E-state index in [2.05, 4.69) is 18.9 Å². The van der Waals surface area contributed by atoms with Crippen molar-refractivity contribution >= 4 is 17.2 Å². The predicted molar refractivity (Wildman–Crippen MR) is 70.8 cm³/mol. The first kappa shape index (κ1) is 15.8. The van der Waals surface area contributed by atoms with E-state index in [-0.39, 0.29) is 0 Å². The lowest BCUT2D eigenvalue weighted by Gasteiger charge is -2.24. The number of methoxy groups -OCH3 is 1. The van der Waals surface area contributed by atoms with Crippen LogP contribution in [0, 0.1) is 0 Å². The molecule has 16 heavy (non-hydrogen) atoms. The topological polar surface area (TPSA) is 47.7 Å². The van der Waals surface area contributed by atoms with E-state index in [9.17, 15) is 0 Å². The first-order valence-corrected chi connectivity index (χ1v) is 6.04. The highest BCUT2D eigenvalue weighted by atomic mass is 32.1. The summed E-state index contributed by atoms with van der Waals surface area (Å²) in [6.45, 7) is 5.27. The van der Waals surface area contributed by atoms with E-state index in [1.807, 2.05) is 0 Å². The van der Waals surface area contributed by atoms with Crippen molar-refractivity contribution in [3.8, 4) is 0 Å². The number of thiocarbonyl (C=S) groups is 1. The van der Waals surface area contributed by atoms with E-state index < -0.39 is 0 Å². The Kier molecular flexibility index (Phi) is 9.82. The minimum Gasteiger partial charge on any atom is -0.393 e. The van der Waals surface area contributed by atoms with Gasteiger partial charge in [-0.2, -0.15) is 0 Å². The Labute approximate surface area is 104 Å². The predicted octanol–water partition coefficient (Wildman–Crippen LogP) is 1.04. The minimum absolute atomic E-state index is 0.375. The summed E-state index contributed by atoms with van der Waals surface area (Å²) in [5.41, 5.74) is 5.50. The molecule has 0 aliphatic heterocycles. The lowest BCUT2D eigenvalue weighted by atomic mass is 10.2. The van der Waals surface area contributed by atoms with E-state index in [4.69, 9.17) is 27.4 Å². The lowest BCUT2D eigenvalue weighted by molar-refractivity contribution is 0.0825. The van der Waals surface area contributed by atoms with Gasteiger partial charge in [-0.15, -0.1) is 0 Å². The first-order valence-electron chi connectivity index (χ1n) is 5.63. The summed E-state index contributed by atoms with van der Waals surface area (Å²) in [5.74, 6) is 0. The van der Waals surface area contributed by atoms with E-state index in [0.29, 0.717) is 11.0 Å². The third-order valence-corrected chi connectivity index (χ3v) is 2.64. The van der Waals surface area contributed by atoms with Gasteiger partial charge in [0.1, 0.15) is 0 Å². The van der Waals surface area contributed by atoms with E-state index in [0.717, 1.165) is 39.2 Å². The average molecular weight is 248 g/mol. The fourth-order valence-electron chi connectivity index (χ4n) is 1.28. The highest BCUT2D eigenvalue weighted by molar-refractivity contribution is 7.80. The number of ether oxygens (including phenoxy) is 2. The van der Waals surface area contributed by atoms with Crippen molar-refractivity contribution in [1.82, 2.24) is 4.90 Å². The fraction of sp³-hybridized carbons (Fsp3) is 0.909. The highest BCUT2D eigenvalue weighted by Crippen LogP contribution is 2.00. The Morgan fingerprint density at radius 1 is 1.38 bits per heavy atom. The summed E-state index contributed by atoms with van der Waals surface area (Å²) in [4.78, 5) is 2.77. The van der Waals surface area contributed by atoms with E-state index >= 15 is 0 Å². The van der Waals surface area contributed by atoms with Crippen molar-refractivity contribution in [3.05, 3.63) is 0 Å². The van der Waals surface area contributed by atoms with Crippen LogP contribution in [0.5, 0.6) is 0 Å². The summed E-state index contributed by atoms with van der Waals surface area (Å²) >= 11 is 4.88. The Balaban J connectivity index is 3.42. The zero-order chi connectivity index (χ0) is 12.4. The average Bonchev–Trinajstić information content (AvgIpc) is 2.21. The molecular weight excluding hydrogens is 224 g/mol. The normalized spacial score (nSPS) is 13.0. The fourth-order valence-corrected chi connectivity index (χ4v) is 1.52. The molecule has 0 aromatic carbocycles. The second kappa shape index (κ2) is 9.96. The van der Waals surface area contributed by atoms with Crippen LogP contribution in [0.3, 0.4) is 0 Å². The Morgan fingerprint density at radius 3 is 2.62 bits per heavy atom. The second-order valence-corrected chi connectivity index (χ2v) is 4.48. The van der Waals surface area contributed by atoms with Crippen LogP contribution in [0.1, 0.15) is 19.8 Å². The molecule has 0 bridgehead atoms. The van der Waals surface area contributed by atoms with Gasteiger partial charge >= 0.3 is 0 Å². The van der Waals surface area contributed by atoms with Gasteiger partial charge in [0.2, 0.25) is 0 Å². The molecule has 0 aliphatic carbocycles. The Hall–Kier alpha value is -0.230. The molecule has 0 amide bonds. The first-order chi connectivity index (χ1) is 7.57. The van der Waals surface area contributed by atoms with Crippen LogP contribution in [-0.2, 0) is 9.47 Å². The van der Waals surface area contributed by atoms with Gasteiger partial charge in [0.25, 0.3) is 0 Å². The second-order valence-electron chi connectivity index (χ2n) is 3.96. The van der Waals surface area contributed by atoms with Crippen LogP contribution in [0.2, 0.25) is 0 Å². The number of likely N-dealkylation sites (N-methyl/N-ethyl adjacent to an activating group) is 1. The van der Waals surface area contributed by atoms with Crippen LogP contribution in [0.25, 0.3) is 0 Å². The molecule has 96 valence electrons. The minimum atomic E-state index is 0.375. The van der Waals surface area contributed by atoms with Crippen molar-refractivity contribution in [2.45, 2.75) is 25.8 Å². The third kappa shape index (κ3) is 9.03. The number of nitrogens with zero attached hydrogens (tertiary/aromatic N) is 1. The lowest BCUT2D eigenvalue weighted by Crippen LogP contribution is -2.35.